The normalized spacial score (nSPS) is 15.9. The van der Waals surface area contributed by atoms with Gasteiger partial charge in [0.05, 0.1) is 5.75 Å². The van der Waals surface area contributed by atoms with E-state index in [1.165, 1.54) is 6.92 Å². The Bertz CT molecular complexity index is 293. The van der Waals surface area contributed by atoms with Gasteiger partial charge in [0.2, 0.25) is 5.91 Å². The first kappa shape index (κ1) is 16.1. The number of carboxylic acid groups (broad SMARTS) is 1. The molecule has 3 atom stereocenters. The number of carbonyl (C=O) groups excluding carboxylic acids is 1. The van der Waals surface area contributed by atoms with Crippen LogP contribution in [0.3, 0.4) is 0 Å². The second kappa shape index (κ2) is 8.22. The summed E-state index contributed by atoms with van der Waals surface area (Å²) >= 11 is 0. The SMILES string of the molecule is CCCC(C)CS(=O)C[C@H](NC(C)=O)C(=O)O. The first-order valence-corrected chi connectivity index (χ1v) is 7.20. The van der Waals surface area contributed by atoms with Crippen LogP contribution in [0.2, 0.25) is 0 Å². The van der Waals surface area contributed by atoms with Crippen LogP contribution in [0.4, 0.5) is 0 Å². The molecule has 0 aromatic heterocycles. The molecule has 2 N–H and O–H groups in total. The maximum atomic E-state index is 11.7. The lowest BCUT2D eigenvalue weighted by molar-refractivity contribution is -0.140. The Labute approximate surface area is 104 Å². The zero-order valence-corrected chi connectivity index (χ0v) is 11.4. The lowest BCUT2D eigenvalue weighted by Crippen LogP contribution is -2.43. The number of rotatable bonds is 8. The molecule has 0 fully saturated rings. The third kappa shape index (κ3) is 7.90. The molecular weight excluding hydrogens is 242 g/mol. The molecule has 2 unspecified atom stereocenters. The summed E-state index contributed by atoms with van der Waals surface area (Å²) < 4.78 is 11.7. The van der Waals surface area contributed by atoms with Crippen molar-refractivity contribution in [2.45, 2.75) is 39.7 Å². The van der Waals surface area contributed by atoms with E-state index in [0.717, 1.165) is 12.8 Å². The lowest BCUT2D eigenvalue weighted by Gasteiger charge is -2.14. The van der Waals surface area contributed by atoms with Gasteiger partial charge in [-0.05, 0) is 5.92 Å². The summed E-state index contributed by atoms with van der Waals surface area (Å²) in [6.45, 7) is 5.30. The average Bonchev–Trinajstić information content (AvgIpc) is 2.15. The standard InChI is InChI=1S/C11H21NO4S/c1-4-5-8(2)6-17(16)7-10(11(14)15)12-9(3)13/h8,10H,4-7H2,1-3H3,(H,12,13)(H,14,15)/t8?,10-,17?/m0/s1. The van der Waals surface area contributed by atoms with Gasteiger partial charge in [0.1, 0.15) is 6.04 Å². The molecule has 5 nitrogen and oxygen atoms in total. The molecule has 0 rings (SSSR count). The number of amides is 1. The molecule has 17 heavy (non-hydrogen) atoms. The van der Waals surface area contributed by atoms with Crippen LogP contribution >= 0.6 is 0 Å². The van der Waals surface area contributed by atoms with Crippen molar-refractivity contribution in [3.05, 3.63) is 0 Å². The highest BCUT2D eigenvalue weighted by molar-refractivity contribution is 7.85. The molecule has 100 valence electrons. The van der Waals surface area contributed by atoms with E-state index >= 15 is 0 Å². The van der Waals surface area contributed by atoms with Crippen LogP contribution in [0.1, 0.15) is 33.6 Å². The molecule has 0 radical (unpaired) electrons. The summed E-state index contributed by atoms with van der Waals surface area (Å²) in [5, 5.41) is 11.1. The largest absolute Gasteiger partial charge is 0.480 e. The molecule has 1 amide bonds. The van der Waals surface area contributed by atoms with Gasteiger partial charge in [-0.15, -0.1) is 0 Å². The molecule has 0 aromatic rings. The van der Waals surface area contributed by atoms with Crippen molar-refractivity contribution >= 4 is 22.7 Å². The van der Waals surface area contributed by atoms with Crippen LogP contribution in [-0.2, 0) is 20.4 Å². The van der Waals surface area contributed by atoms with E-state index < -0.39 is 28.7 Å². The first-order valence-electron chi connectivity index (χ1n) is 5.71. The zero-order valence-electron chi connectivity index (χ0n) is 10.6. The first-order chi connectivity index (χ1) is 7.86. The van der Waals surface area contributed by atoms with Gasteiger partial charge in [-0.25, -0.2) is 4.79 Å². The number of nitrogens with one attached hydrogen (secondary N) is 1. The Hall–Kier alpha value is -0.910. The predicted octanol–water partition coefficient (Wildman–Crippen LogP) is 0.761. The van der Waals surface area contributed by atoms with Crippen LogP contribution in [0.15, 0.2) is 0 Å². The van der Waals surface area contributed by atoms with Gasteiger partial charge in [-0.2, -0.15) is 0 Å². The summed E-state index contributed by atoms with van der Waals surface area (Å²) in [4.78, 5) is 21.6. The highest BCUT2D eigenvalue weighted by atomic mass is 32.2. The van der Waals surface area contributed by atoms with Gasteiger partial charge in [0.25, 0.3) is 0 Å². The fourth-order valence-corrected chi connectivity index (χ4v) is 3.10. The van der Waals surface area contributed by atoms with E-state index in [9.17, 15) is 13.8 Å². The second-order valence-corrected chi connectivity index (χ2v) is 5.80. The van der Waals surface area contributed by atoms with Gasteiger partial charge in [-0.3, -0.25) is 9.00 Å². The lowest BCUT2D eigenvalue weighted by atomic mass is 10.1. The maximum Gasteiger partial charge on any atom is 0.327 e. The van der Waals surface area contributed by atoms with Crippen LogP contribution < -0.4 is 5.32 Å². The fourth-order valence-electron chi connectivity index (χ4n) is 1.57. The Kier molecular flexibility index (Phi) is 7.78. The molecule has 0 spiro atoms. The smallest absolute Gasteiger partial charge is 0.327 e. The van der Waals surface area contributed by atoms with Crippen molar-refractivity contribution in [1.82, 2.24) is 5.32 Å². The fraction of sp³-hybridized carbons (Fsp3) is 0.818. The summed E-state index contributed by atoms with van der Waals surface area (Å²) in [7, 11) is -1.21. The summed E-state index contributed by atoms with van der Waals surface area (Å²) in [5.41, 5.74) is 0. The summed E-state index contributed by atoms with van der Waals surface area (Å²) in [5.74, 6) is -0.791. The van der Waals surface area contributed by atoms with E-state index in [1.54, 1.807) is 0 Å². The van der Waals surface area contributed by atoms with Crippen LogP contribution in [0, 0.1) is 5.92 Å². The molecule has 0 bridgehead atoms. The Morgan fingerprint density at radius 3 is 2.35 bits per heavy atom. The van der Waals surface area contributed by atoms with E-state index in [4.69, 9.17) is 5.11 Å². The summed E-state index contributed by atoms with van der Waals surface area (Å²) in [6.07, 6.45) is 2.00. The minimum atomic E-state index is -1.21. The zero-order chi connectivity index (χ0) is 13.4. The third-order valence-electron chi connectivity index (χ3n) is 2.28. The van der Waals surface area contributed by atoms with Gasteiger partial charge < -0.3 is 10.4 Å². The number of aliphatic carboxylic acids is 1. The highest BCUT2D eigenvalue weighted by Crippen LogP contribution is 2.07. The molecule has 0 heterocycles. The van der Waals surface area contributed by atoms with Crippen molar-refractivity contribution in [1.29, 1.82) is 0 Å². The average molecular weight is 263 g/mol. The number of hydrogen-bond acceptors (Lipinski definition) is 3. The maximum absolute atomic E-state index is 11.7. The van der Waals surface area contributed by atoms with Crippen molar-refractivity contribution < 1.29 is 18.9 Å². The molecule has 0 aliphatic rings. The van der Waals surface area contributed by atoms with Gasteiger partial charge in [0, 0.05) is 23.5 Å². The van der Waals surface area contributed by atoms with E-state index in [-0.39, 0.29) is 5.75 Å². The minimum absolute atomic E-state index is 0.0248. The molecule has 0 saturated heterocycles. The quantitative estimate of drug-likeness (QED) is 0.677. The molecule has 6 heteroatoms. The van der Waals surface area contributed by atoms with Crippen molar-refractivity contribution in [3.63, 3.8) is 0 Å². The Morgan fingerprint density at radius 1 is 1.35 bits per heavy atom. The van der Waals surface area contributed by atoms with Gasteiger partial charge in [-0.1, -0.05) is 26.7 Å². The van der Waals surface area contributed by atoms with Crippen molar-refractivity contribution in [2.24, 2.45) is 5.92 Å². The Balaban J connectivity index is 4.21. The van der Waals surface area contributed by atoms with E-state index in [1.807, 2.05) is 6.92 Å². The molecule has 0 aromatic carbocycles. The topological polar surface area (TPSA) is 83.5 Å². The number of carboxylic acids is 1. The number of hydrogen-bond donors (Lipinski definition) is 2. The summed E-state index contributed by atoms with van der Waals surface area (Å²) in [6, 6.07) is -1.05. The molecular formula is C11H21NO4S. The second-order valence-electron chi connectivity index (χ2n) is 4.26. The van der Waals surface area contributed by atoms with Crippen LogP contribution in [0.5, 0.6) is 0 Å². The highest BCUT2D eigenvalue weighted by Gasteiger charge is 2.21. The van der Waals surface area contributed by atoms with Crippen LogP contribution in [0.25, 0.3) is 0 Å². The monoisotopic (exact) mass is 263 g/mol. The molecule has 0 saturated carbocycles. The van der Waals surface area contributed by atoms with Gasteiger partial charge in [0.15, 0.2) is 0 Å². The Morgan fingerprint density at radius 2 is 1.94 bits per heavy atom. The third-order valence-corrected chi connectivity index (χ3v) is 3.93. The van der Waals surface area contributed by atoms with Gasteiger partial charge >= 0.3 is 5.97 Å². The van der Waals surface area contributed by atoms with Crippen molar-refractivity contribution in [2.75, 3.05) is 11.5 Å². The number of carbonyl (C=O) groups is 2. The van der Waals surface area contributed by atoms with Crippen LogP contribution in [-0.4, -0.2) is 38.7 Å². The van der Waals surface area contributed by atoms with E-state index in [2.05, 4.69) is 12.2 Å². The van der Waals surface area contributed by atoms with E-state index in [0.29, 0.717) is 11.7 Å². The minimum Gasteiger partial charge on any atom is -0.480 e. The molecule has 0 aliphatic heterocycles. The van der Waals surface area contributed by atoms with Crippen molar-refractivity contribution in [3.8, 4) is 0 Å². The molecule has 0 aliphatic carbocycles. The predicted molar refractivity (Wildman–Crippen MR) is 67.2 cm³/mol.